The lowest BCUT2D eigenvalue weighted by Gasteiger charge is -2.07. The molecular weight excluding hydrogens is 262 g/mol. The normalized spacial score (nSPS) is 10.8. The fourth-order valence-electron chi connectivity index (χ4n) is 2.42. The van der Waals surface area contributed by atoms with Gasteiger partial charge in [0.1, 0.15) is 0 Å². The highest BCUT2D eigenvalue weighted by Crippen LogP contribution is 2.21. The molecule has 0 aliphatic carbocycles. The van der Waals surface area contributed by atoms with Crippen LogP contribution in [0.15, 0.2) is 47.3 Å². The molecule has 1 aromatic carbocycles. The summed E-state index contributed by atoms with van der Waals surface area (Å²) >= 11 is 0. The zero-order chi connectivity index (χ0) is 14.8. The van der Waals surface area contributed by atoms with Gasteiger partial charge < -0.3 is 14.3 Å². The van der Waals surface area contributed by atoms with Gasteiger partial charge in [0.15, 0.2) is 12.2 Å². The highest BCUT2D eigenvalue weighted by molar-refractivity contribution is 5.60. The van der Waals surface area contributed by atoms with Crippen molar-refractivity contribution in [2.75, 3.05) is 5.32 Å². The molecule has 3 rings (SSSR count). The van der Waals surface area contributed by atoms with Crippen LogP contribution in [0.1, 0.15) is 17.0 Å². The summed E-state index contributed by atoms with van der Waals surface area (Å²) in [7, 11) is 2.10. The van der Waals surface area contributed by atoms with E-state index in [-0.39, 0.29) is 0 Å². The summed E-state index contributed by atoms with van der Waals surface area (Å²) < 4.78 is 7.50. The molecule has 0 spiro atoms. The Kier molecular flexibility index (Phi) is 3.52. The van der Waals surface area contributed by atoms with Crippen LogP contribution in [-0.4, -0.2) is 9.55 Å². The van der Waals surface area contributed by atoms with Crippen LogP contribution in [0, 0.1) is 13.8 Å². The molecule has 0 fully saturated rings. The molecular formula is C17H19N3O. The molecule has 4 nitrogen and oxygen atoms in total. The molecule has 1 N–H and O–H groups in total. The van der Waals surface area contributed by atoms with Crippen LogP contribution in [0.25, 0.3) is 11.3 Å². The minimum absolute atomic E-state index is 0.788. The van der Waals surface area contributed by atoms with Crippen molar-refractivity contribution in [3.8, 4) is 11.3 Å². The van der Waals surface area contributed by atoms with Crippen LogP contribution >= 0.6 is 0 Å². The van der Waals surface area contributed by atoms with Gasteiger partial charge in [-0.2, -0.15) is 0 Å². The van der Waals surface area contributed by atoms with Crippen molar-refractivity contribution in [3.63, 3.8) is 0 Å². The second-order valence-electron chi connectivity index (χ2n) is 5.25. The predicted molar refractivity (Wildman–Crippen MR) is 84.2 cm³/mol. The maximum atomic E-state index is 5.29. The maximum absolute atomic E-state index is 5.29. The maximum Gasteiger partial charge on any atom is 0.181 e. The number of aromatic nitrogens is 2. The zero-order valence-corrected chi connectivity index (χ0v) is 12.6. The second kappa shape index (κ2) is 5.48. The Morgan fingerprint density at radius 1 is 1.19 bits per heavy atom. The molecule has 0 aliphatic heterocycles. The smallest absolute Gasteiger partial charge is 0.181 e. The van der Waals surface area contributed by atoms with E-state index >= 15 is 0 Å². The van der Waals surface area contributed by atoms with Gasteiger partial charge in [0.2, 0.25) is 0 Å². The van der Waals surface area contributed by atoms with Gasteiger partial charge in [-0.15, -0.1) is 0 Å². The second-order valence-corrected chi connectivity index (χ2v) is 5.25. The summed E-state index contributed by atoms with van der Waals surface area (Å²) in [6.07, 6.45) is 3.17. The highest BCUT2D eigenvalue weighted by atomic mass is 16.3. The molecule has 3 aromatic rings. The Hall–Kier alpha value is -2.49. The van der Waals surface area contributed by atoms with Crippen LogP contribution in [0.4, 0.5) is 5.69 Å². The summed E-state index contributed by atoms with van der Waals surface area (Å²) in [5, 5.41) is 3.46. The van der Waals surface area contributed by atoms with E-state index in [1.807, 2.05) is 12.1 Å². The van der Waals surface area contributed by atoms with Gasteiger partial charge in [0, 0.05) is 36.2 Å². The van der Waals surface area contributed by atoms with Crippen LogP contribution in [0.2, 0.25) is 0 Å². The van der Waals surface area contributed by atoms with E-state index in [1.54, 1.807) is 6.20 Å². The van der Waals surface area contributed by atoms with Crippen molar-refractivity contribution in [2.45, 2.75) is 20.4 Å². The Labute approximate surface area is 124 Å². The molecule has 0 atom stereocenters. The number of nitrogens with one attached hydrogen (secondary N) is 1. The van der Waals surface area contributed by atoms with Gasteiger partial charge in [0.05, 0.1) is 6.20 Å². The predicted octanol–water partition coefficient (Wildman–Crippen LogP) is 3.91. The molecule has 108 valence electrons. The average Bonchev–Trinajstić information content (AvgIpc) is 3.11. The van der Waals surface area contributed by atoms with E-state index in [0.29, 0.717) is 0 Å². The summed E-state index contributed by atoms with van der Waals surface area (Å²) in [5.41, 5.74) is 6.04. The molecule has 0 radical (unpaired) electrons. The van der Waals surface area contributed by atoms with E-state index < -0.39 is 0 Å². The summed E-state index contributed by atoms with van der Waals surface area (Å²) in [5.74, 6) is 0.788. The van der Waals surface area contributed by atoms with Crippen LogP contribution < -0.4 is 5.32 Å². The number of nitrogens with zero attached hydrogens (tertiary/aromatic N) is 2. The van der Waals surface area contributed by atoms with E-state index in [2.05, 4.69) is 54.0 Å². The number of anilines is 1. The molecule has 21 heavy (non-hydrogen) atoms. The third kappa shape index (κ3) is 2.70. The van der Waals surface area contributed by atoms with Crippen molar-refractivity contribution < 1.29 is 4.42 Å². The number of aryl methyl sites for hydroxylation is 1. The van der Waals surface area contributed by atoms with Crippen molar-refractivity contribution in [3.05, 3.63) is 59.9 Å². The van der Waals surface area contributed by atoms with Gasteiger partial charge >= 0.3 is 0 Å². The van der Waals surface area contributed by atoms with Crippen molar-refractivity contribution >= 4 is 5.69 Å². The number of rotatable bonds is 4. The first kappa shape index (κ1) is 13.5. The first-order chi connectivity index (χ1) is 10.1. The van der Waals surface area contributed by atoms with Crippen molar-refractivity contribution in [1.29, 1.82) is 0 Å². The van der Waals surface area contributed by atoms with E-state index in [0.717, 1.165) is 23.6 Å². The van der Waals surface area contributed by atoms with Gasteiger partial charge in [-0.05, 0) is 49.7 Å². The van der Waals surface area contributed by atoms with Crippen molar-refractivity contribution in [2.24, 2.45) is 7.05 Å². The number of oxazole rings is 1. The quantitative estimate of drug-likeness (QED) is 0.788. The minimum Gasteiger partial charge on any atom is -0.444 e. The van der Waals surface area contributed by atoms with Crippen LogP contribution in [0.5, 0.6) is 0 Å². The first-order valence-electron chi connectivity index (χ1n) is 7.00. The topological polar surface area (TPSA) is 43.0 Å². The fourth-order valence-corrected chi connectivity index (χ4v) is 2.42. The molecule has 0 aliphatic rings. The van der Waals surface area contributed by atoms with Gasteiger partial charge in [-0.1, -0.05) is 0 Å². The monoisotopic (exact) mass is 281 g/mol. The molecule has 0 amide bonds. The average molecular weight is 281 g/mol. The Bertz CT molecular complexity index is 724. The lowest BCUT2D eigenvalue weighted by atomic mass is 10.1. The zero-order valence-electron chi connectivity index (χ0n) is 12.6. The minimum atomic E-state index is 0.788. The lowest BCUT2D eigenvalue weighted by molar-refractivity contribution is 0.572. The van der Waals surface area contributed by atoms with Crippen LogP contribution in [-0.2, 0) is 13.6 Å². The largest absolute Gasteiger partial charge is 0.444 e. The highest BCUT2D eigenvalue weighted by Gasteiger charge is 2.06. The molecule has 0 bridgehead atoms. The van der Waals surface area contributed by atoms with Gasteiger partial charge in [-0.3, -0.25) is 0 Å². The standard InChI is InChI=1S/C17H19N3O/c1-12-8-15(13(2)20(12)3)9-19-16-6-4-14(5-7-16)17-10-18-11-21-17/h4-8,10-11,19H,9H2,1-3H3. The van der Waals surface area contributed by atoms with Crippen LogP contribution in [0.3, 0.4) is 0 Å². The third-order valence-corrected chi connectivity index (χ3v) is 3.96. The third-order valence-electron chi connectivity index (χ3n) is 3.96. The Morgan fingerprint density at radius 3 is 2.52 bits per heavy atom. The van der Waals surface area contributed by atoms with E-state index in [9.17, 15) is 0 Å². The van der Waals surface area contributed by atoms with E-state index in [1.165, 1.54) is 23.3 Å². The molecule has 0 saturated heterocycles. The Morgan fingerprint density at radius 2 is 1.95 bits per heavy atom. The molecule has 2 aromatic heterocycles. The first-order valence-corrected chi connectivity index (χ1v) is 7.00. The molecule has 0 unspecified atom stereocenters. The molecule has 0 saturated carbocycles. The van der Waals surface area contributed by atoms with E-state index in [4.69, 9.17) is 4.42 Å². The summed E-state index contributed by atoms with van der Waals surface area (Å²) in [6.45, 7) is 5.11. The fraction of sp³-hybridized carbons (Fsp3) is 0.235. The molecule has 4 heteroatoms. The number of benzene rings is 1. The molecule has 2 heterocycles. The Balaban J connectivity index is 1.69. The number of hydrogen-bond acceptors (Lipinski definition) is 3. The van der Waals surface area contributed by atoms with Crippen molar-refractivity contribution in [1.82, 2.24) is 9.55 Å². The van der Waals surface area contributed by atoms with Gasteiger partial charge in [0.25, 0.3) is 0 Å². The number of hydrogen-bond donors (Lipinski definition) is 1. The lowest BCUT2D eigenvalue weighted by Crippen LogP contribution is -2.01. The summed E-state index contributed by atoms with van der Waals surface area (Å²) in [4.78, 5) is 3.93. The van der Waals surface area contributed by atoms with Gasteiger partial charge in [-0.25, -0.2) is 4.98 Å². The summed E-state index contributed by atoms with van der Waals surface area (Å²) in [6, 6.07) is 10.4. The SMILES string of the molecule is Cc1cc(CNc2ccc(-c3cnco3)cc2)c(C)n1C.